The molecule has 1 N–H and O–H groups in total. The maximum Gasteiger partial charge on any atom is 0.335 e. The predicted octanol–water partition coefficient (Wildman–Crippen LogP) is 2.01. The van der Waals surface area contributed by atoms with Gasteiger partial charge in [-0.3, -0.25) is 19.3 Å². The number of urea groups is 1. The van der Waals surface area contributed by atoms with E-state index in [9.17, 15) is 19.2 Å². The van der Waals surface area contributed by atoms with Gasteiger partial charge in [-0.25, -0.2) is 9.69 Å². The molecule has 2 aromatic carbocycles. The van der Waals surface area contributed by atoms with Crippen LogP contribution >= 0.6 is 0 Å². The zero-order chi connectivity index (χ0) is 20.1. The molecule has 1 aliphatic rings. The van der Waals surface area contributed by atoms with Gasteiger partial charge >= 0.3 is 17.8 Å². The molecule has 8 heteroatoms. The maximum atomic E-state index is 12.4. The Morgan fingerprint density at radius 1 is 0.929 bits per heavy atom. The summed E-state index contributed by atoms with van der Waals surface area (Å²) in [4.78, 5) is 50.4. The minimum absolute atomic E-state index is 0.0265. The average Bonchev–Trinajstić information content (AvgIpc) is 2.89. The molecule has 0 aromatic heterocycles. The number of amides is 5. The van der Waals surface area contributed by atoms with Crippen molar-refractivity contribution in [3.63, 3.8) is 0 Å². The Labute approximate surface area is 161 Å². The van der Waals surface area contributed by atoms with Gasteiger partial charge in [0.15, 0.2) is 0 Å². The second-order valence-corrected chi connectivity index (χ2v) is 6.06. The average molecular weight is 381 g/mol. The molecule has 0 aliphatic carbocycles. The van der Waals surface area contributed by atoms with Gasteiger partial charge in [0.2, 0.25) is 5.91 Å². The van der Waals surface area contributed by atoms with Crippen LogP contribution in [0.5, 0.6) is 5.75 Å². The van der Waals surface area contributed by atoms with Gasteiger partial charge in [-0.1, -0.05) is 30.3 Å². The SMILES string of the molecule is CCOc1ccc(NC(=O)CN2C(=O)C(=O)N(Cc3ccccc3)C2=O)cc1. The molecule has 3 rings (SSSR count). The van der Waals surface area contributed by atoms with E-state index in [0.29, 0.717) is 28.5 Å². The van der Waals surface area contributed by atoms with Gasteiger partial charge in [0.1, 0.15) is 12.3 Å². The smallest absolute Gasteiger partial charge is 0.335 e. The van der Waals surface area contributed by atoms with Crippen molar-refractivity contribution >= 4 is 29.4 Å². The summed E-state index contributed by atoms with van der Waals surface area (Å²) in [7, 11) is 0. The van der Waals surface area contributed by atoms with Crippen LogP contribution in [0.3, 0.4) is 0 Å². The van der Waals surface area contributed by atoms with Crippen molar-refractivity contribution in [3.05, 3.63) is 60.2 Å². The normalized spacial score (nSPS) is 13.8. The Hall–Kier alpha value is -3.68. The number of hydrogen-bond acceptors (Lipinski definition) is 5. The summed E-state index contributed by atoms with van der Waals surface area (Å²) in [5.41, 5.74) is 1.19. The van der Waals surface area contributed by atoms with E-state index in [0.717, 1.165) is 4.90 Å². The number of benzene rings is 2. The summed E-state index contributed by atoms with van der Waals surface area (Å²) >= 11 is 0. The molecule has 8 nitrogen and oxygen atoms in total. The number of hydrogen-bond donors (Lipinski definition) is 1. The molecule has 0 radical (unpaired) electrons. The summed E-state index contributed by atoms with van der Waals surface area (Å²) in [6.07, 6.45) is 0. The van der Waals surface area contributed by atoms with Crippen LogP contribution in [0.25, 0.3) is 0 Å². The standard InChI is InChI=1S/C20H19N3O5/c1-2-28-16-10-8-15(9-11-16)21-17(24)13-23-19(26)18(25)22(20(23)27)12-14-6-4-3-5-7-14/h3-11H,2,12-13H2,1H3,(H,21,24). The lowest BCUT2D eigenvalue weighted by molar-refractivity contribution is -0.143. The Balaban J connectivity index is 1.63. The van der Waals surface area contributed by atoms with E-state index in [1.54, 1.807) is 54.6 Å². The molecule has 2 aromatic rings. The molecule has 0 bridgehead atoms. The van der Waals surface area contributed by atoms with E-state index < -0.39 is 30.3 Å². The van der Waals surface area contributed by atoms with Crippen molar-refractivity contribution in [1.82, 2.24) is 9.80 Å². The van der Waals surface area contributed by atoms with Crippen molar-refractivity contribution in [3.8, 4) is 5.75 Å². The van der Waals surface area contributed by atoms with E-state index in [4.69, 9.17) is 4.74 Å². The minimum Gasteiger partial charge on any atom is -0.494 e. The van der Waals surface area contributed by atoms with Crippen molar-refractivity contribution < 1.29 is 23.9 Å². The number of rotatable bonds is 7. The molecular formula is C20H19N3O5. The quantitative estimate of drug-likeness (QED) is 0.585. The van der Waals surface area contributed by atoms with Gasteiger partial charge < -0.3 is 10.1 Å². The van der Waals surface area contributed by atoms with Crippen LogP contribution in [0.1, 0.15) is 12.5 Å². The molecule has 5 amide bonds. The molecular weight excluding hydrogens is 362 g/mol. The summed E-state index contributed by atoms with van der Waals surface area (Å²) in [5, 5.41) is 2.59. The van der Waals surface area contributed by atoms with E-state index in [1.807, 2.05) is 6.92 Å². The predicted molar refractivity (Wildman–Crippen MR) is 100 cm³/mol. The molecule has 144 valence electrons. The molecule has 1 saturated heterocycles. The number of carbonyl (C=O) groups excluding carboxylic acids is 4. The first-order valence-corrected chi connectivity index (χ1v) is 8.73. The van der Waals surface area contributed by atoms with Crippen LogP contribution in [-0.2, 0) is 20.9 Å². The van der Waals surface area contributed by atoms with Crippen LogP contribution in [0.15, 0.2) is 54.6 Å². The van der Waals surface area contributed by atoms with Crippen LogP contribution < -0.4 is 10.1 Å². The van der Waals surface area contributed by atoms with E-state index in [-0.39, 0.29) is 6.54 Å². The maximum absolute atomic E-state index is 12.4. The third kappa shape index (κ3) is 4.17. The van der Waals surface area contributed by atoms with Crippen LogP contribution in [0.2, 0.25) is 0 Å². The van der Waals surface area contributed by atoms with Crippen molar-refractivity contribution in [1.29, 1.82) is 0 Å². The summed E-state index contributed by atoms with van der Waals surface area (Å²) < 4.78 is 5.32. The fourth-order valence-corrected chi connectivity index (χ4v) is 2.74. The molecule has 28 heavy (non-hydrogen) atoms. The fourth-order valence-electron chi connectivity index (χ4n) is 2.74. The number of anilines is 1. The molecule has 0 spiro atoms. The summed E-state index contributed by atoms with van der Waals surface area (Å²) in [6.45, 7) is 1.82. The number of imide groups is 2. The largest absolute Gasteiger partial charge is 0.494 e. The highest BCUT2D eigenvalue weighted by molar-refractivity contribution is 6.45. The third-order valence-electron chi connectivity index (χ3n) is 4.07. The monoisotopic (exact) mass is 381 g/mol. The van der Waals surface area contributed by atoms with Crippen molar-refractivity contribution in [2.75, 3.05) is 18.5 Å². The first-order valence-electron chi connectivity index (χ1n) is 8.73. The number of nitrogens with one attached hydrogen (secondary N) is 1. The van der Waals surface area contributed by atoms with Gasteiger partial charge in [-0.2, -0.15) is 0 Å². The first kappa shape index (κ1) is 19.1. The molecule has 1 heterocycles. The summed E-state index contributed by atoms with van der Waals surface area (Å²) in [5.74, 6) is -1.88. The lowest BCUT2D eigenvalue weighted by atomic mass is 10.2. The highest BCUT2D eigenvalue weighted by atomic mass is 16.5. The fraction of sp³-hybridized carbons (Fsp3) is 0.200. The van der Waals surface area contributed by atoms with Gasteiger partial charge in [0, 0.05) is 5.69 Å². The van der Waals surface area contributed by atoms with Crippen molar-refractivity contribution in [2.24, 2.45) is 0 Å². The Morgan fingerprint density at radius 3 is 2.21 bits per heavy atom. The molecule has 0 unspecified atom stereocenters. The van der Waals surface area contributed by atoms with Gasteiger partial charge in [0.05, 0.1) is 13.2 Å². The first-order chi connectivity index (χ1) is 13.5. The number of carbonyl (C=O) groups is 4. The Bertz CT molecular complexity index is 896. The molecule has 1 aliphatic heterocycles. The zero-order valence-corrected chi connectivity index (χ0v) is 15.3. The number of nitrogens with zero attached hydrogens (tertiary/aromatic N) is 2. The van der Waals surface area contributed by atoms with E-state index in [2.05, 4.69) is 5.32 Å². The summed E-state index contributed by atoms with van der Waals surface area (Å²) in [6, 6.07) is 14.7. The second-order valence-electron chi connectivity index (χ2n) is 6.06. The number of ether oxygens (including phenoxy) is 1. The van der Waals surface area contributed by atoms with Crippen LogP contribution in [-0.4, -0.2) is 46.7 Å². The molecule has 0 saturated carbocycles. The molecule has 1 fully saturated rings. The highest BCUT2D eigenvalue weighted by Gasteiger charge is 2.45. The molecule has 0 atom stereocenters. The minimum atomic E-state index is -1.01. The Kier molecular flexibility index (Phi) is 5.69. The van der Waals surface area contributed by atoms with Gasteiger partial charge in [-0.05, 0) is 36.8 Å². The van der Waals surface area contributed by atoms with E-state index in [1.165, 1.54) is 0 Å². The van der Waals surface area contributed by atoms with Crippen LogP contribution in [0, 0.1) is 0 Å². The lowest BCUT2D eigenvalue weighted by Gasteiger charge is -2.15. The van der Waals surface area contributed by atoms with Crippen LogP contribution in [0.4, 0.5) is 10.5 Å². The topological polar surface area (TPSA) is 96.0 Å². The second kappa shape index (κ2) is 8.34. The van der Waals surface area contributed by atoms with Gasteiger partial charge in [-0.15, -0.1) is 0 Å². The highest BCUT2D eigenvalue weighted by Crippen LogP contribution is 2.18. The zero-order valence-electron chi connectivity index (χ0n) is 15.3. The van der Waals surface area contributed by atoms with Gasteiger partial charge in [0.25, 0.3) is 0 Å². The lowest BCUT2D eigenvalue weighted by Crippen LogP contribution is -2.38. The van der Waals surface area contributed by atoms with Crippen molar-refractivity contribution in [2.45, 2.75) is 13.5 Å². The van der Waals surface area contributed by atoms with E-state index >= 15 is 0 Å². The third-order valence-corrected chi connectivity index (χ3v) is 4.07. The Morgan fingerprint density at radius 2 is 1.57 bits per heavy atom.